The molecule has 2 amide bonds. The predicted molar refractivity (Wildman–Crippen MR) is 73.6 cm³/mol. The van der Waals surface area contributed by atoms with Crippen LogP contribution in [-0.4, -0.2) is 23.8 Å². The number of benzene rings is 1. The zero-order valence-electron chi connectivity index (χ0n) is 11.5. The Kier molecular flexibility index (Phi) is 5.76. The van der Waals surface area contributed by atoms with Gasteiger partial charge in [0.15, 0.2) is 0 Å². The molecule has 0 aliphatic rings. The minimum Gasteiger partial charge on any atom is -0.391 e. The third kappa shape index (κ3) is 5.70. The van der Waals surface area contributed by atoms with Gasteiger partial charge in [0.2, 0.25) is 0 Å². The zero-order valence-corrected chi connectivity index (χ0v) is 11.5. The van der Waals surface area contributed by atoms with E-state index in [0.717, 1.165) is 5.56 Å². The third-order valence-corrected chi connectivity index (χ3v) is 2.61. The van der Waals surface area contributed by atoms with E-state index in [0.29, 0.717) is 12.3 Å². The van der Waals surface area contributed by atoms with Gasteiger partial charge in [0.1, 0.15) is 5.82 Å². The van der Waals surface area contributed by atoms with Gasteiger partial charge in [0.25, 0.3) is 0 Å². The summed E-state index contributed by atoms with van der Waals surface area (Å²) in [4.78, 5) is 11.5. The largest absolute Gasteiger partial charge is 0.391 e. The number of aliphatic hydroxyl groups excluding tert-OH is 1. The second-order valence-corrected chi connectivity index (χ2v) is 5.10. The molecule has 0 heterocycles. The average molecular weight is 268 g/mol. The van der Waals surface area contributed by atoms with Gasteiger partial charge < -0.3 is 15.7 Å². The molecule has 0 radical (unpaired) electrons. The zero-order chi connectivity index (χ0) is 14.4. The lowest BCUT2D eigenvalue weighted by molar-refractivity contribution is 0.148. The van der Waals surface area contributed by atoms with Crippen LogP contribution in [0.2, 0.25) is 0 Å². The van der Waals surface area contributed by atoms with Crippen molar-refractivity contribution in [3.8, 4) is 0 Å². The quantitative estimate of drug-likeness (QED) is 0.769. The lowest BCUT2D eigenvalue weighted by atomic mass is 10.1. The van der Waals surface area contributed by atoms with Crippen LogP contribution in [0.1, 0.15) is 25.8 Å². The first kappa shape index (κ1) is 15.4. The Labute approximate surface area is 113 Å². The van der Waals surface area contributed by atoms with Crippen molar-refractivity contribution in [3.63, 3.8) is 0 Å². The number of urea groups is 1. The van der Waals surface area contributed by atoms with Crippen molar-refractivity contribution in [2.75, 3.05) is 11.9 Å². The first-order valence-corrected chi connectivity index (χ1v) is 6.37. The fourth-order valence-electron chi connectivity index (χ4n) is 1.73. The second kappa shape index (κ2) is 7.09. The van der Waals surface area contributed by atoms with Crippen LogP contribution < -0.4 is 10.6 Å². The number of anilines is 1. The van der Waals surface area contributed by atoms with Crippen molar-refractivity contribution in [2.24, 2.45) is 5.92 Å². The van der Waals surface area contributed by atoms with Crippen LogP contribution >= 0.6 is 0 Å². The van der Waals surface area contributed by atoms with E-state index in [1.165, 1.54) is 12.1 Å². The highest BCUT2D eigenvalue weighted by atomic mass is 19.1. The lowest BCUT2D eigenvalue weighted by Gasteiger charge is -2.14. The van der Waals surface area contributed by atoms with Gasteiger partial charge in [-0.05, 0) is 37.0 Å². The molecule has 1 rings (SSSR count). The number of aliphatic hydroxyl groups is 1. The van der Waals surface area contributed by atoms with Gasteiger partial charge in [-0.15, -0.1) is 0 Å². The average Bonchev–Trinajstić information content (AvgIpc) is 2.29. The molecule has 1 atom stereocenters. The summed E-state index contributed by atoms with van der Waals surface area (Å²) in [5.74, 6) is -0.118. The molecule has 5 heteroatoms. The van der Waals surface area contributed by atoms with Crippen LogP contribution in [0.15, 0.2) is 18.2 Å². The minimum atomic E-state index is -0.589. The summed E-state index contributed by atoms with van der Waals surface area (Å²) in [6.45, 7) is 5.91. The Hall–Kier alpha value is -1.62. The molecule has 0 bridgehead atoms. The van der Waals surface area contributed by atoms with E-state index >= 15 is 0 Å². The van der Waals surface area contributed by atoms with Gasteiger partial charge in [0, 0.05) is 6.54 Å². The number of hydrogen-bond acceptors (Lipinski definition) is 2. The summed E-state index contributed by atoms with van der Waals surface area (Å²) in [5.41, 5.74) is 0.914. The minimum absolute atomic E-state index is 0.126. The number of rotatable bonds is 5. The van der Waals surface area contributed by atoms with E-state index < -0.39 is 18.0 Å². The topological polar surface area (TPSA) is 61.4 Å². The van der Waals surface area contributed by atoms with Crippen LogP contribution in [0.25, 0.3) is 0 Å². The number of amides is 2. The Bertz CT molecular complexity index is 435. The molecule has 0 aliphatic carbocycles. The van der Waals surface area contributed by atoms with Crippen LogP contribution in [0.4, 0.5) is 14.9 Å². The Balaban J connectivity index is 2.43. The SMILES string of the molecule is Cc1ccc(NC(=O)NCC(O)CC(C)C)c(F)c1. The number of halogens is 1. The molecule has 106 valence electrons. The second-order valence-electron chi connectivity index (χ2n) is 5.10. The number of carbonyl (C=O) groups is 1. The summed E-state index contributed by atoms with van der Waals surface area (Å²) in [5, 5.41) is 14.5. The fourth-order valence-corrected chi connectivity index (χ4v) is 1.73. The molecule has 0 spiro atoms. The van der Waals surface area contributed by atoms with Crippen molar-refractivity contribution >= 4 is 11.7 Å². The predicted octanol–water partition coefficient (Wildman–Crippen LogP) is 2.66. The van der Waals surface area contributed by atoms with Crippen LogP contribution in [0.3, 0.4) is 0 Å². The summed E-state index contributed by atoms with van der Waals surface area (Å²) < 4.78 is 13.5. The van der Waals surface area contributed by atoms with Gasteiger partial charge in [-0.25, -0.2) is 9.18 Å². The molecule has 4 nitrogen and oxygen atoms in total. The van der Waals surface area contributed by atoms with Gasteiger partial charge >= 0.3 is 6.03 Å². The molecule has 0 aliphatic heterocycles. The molecule has 1 unspecified atom stereocenters. The fraction of sp³-hybridized carbons (Fsp3) is 0.500. The van der Waals surface area contributed by atoms with E-state index in [1.54, 1.807) is 13.0 Å². The highest BCUT2D eigenvalue weighted by molar-refractivity contribution is 5.89. The lowest BCUT2D eigenvalue weighted by Crippen LogP contribution is -2.35. The summed E-state index contributed by atoms with van der Waals surface area (Å²) in [7, 11) is 0. The molecule has 0 fully saturated rings. The first-order chi connectivity index (χ1) is 8.88. The normalized spacial score (nSPS) is 12.3. The standard InChI is InChI=1S/C14H21FN2O2/c1-9(2)6-11(18)8-16-14(19)17-13-5-4-10(3)7-12(13)15/h4-5,7,9,11,18H,6,8H2,1-3H3,(H2,16,17,19). The van der Waals surface area contributed by atoms with Crippen LogP contribution in [0, 0.1) is 18.7 Å². The number of carbonyl (C=O) groups excluding carboxylic acids is 1. The molecular weight excluding hydrogens is 247 g/mol. The molecule has 1 aromatic rings. The number of nitrogens with one attached hydrogen (secondary N) is 2. The first-order valence-electron chi connectivity index (χ1n) is 6.37. The van der Waals surface area contributed by atoms with Crippen molar-refractivity contribution in [2.45, 2.75) is 33.3 Å². The van der Waals surface area contributed by atoms with Crippen molar-refractivity contribution in [1.29, 1.82) is 0 Å². The maximum atomic E-state index is 13.5. The van der Waals surface area contributed by atoms with E-state index in [9.17, 15) is 14.3 Å². The third-order valence-electron chi connectivity index (χ3n) is 2.61. The van der Waals surface area contributed by atoms with Gasteiger partial charge in [-0.1, -0.05) is 19.9 Å². The number of hydrogen-bond donors (Lipinski definition) is 3. The monoisotopic (exact) mass is 268 g/mol. The Morgan fingerprint density at radius 3 is 2.68 bits per heavy atom. The van der Waals surface area contributed by atoms with Gasteiger partial charge in [-0.3, -0.25) is 0 Å². The summed E-state index contributed by atoms with van der Waals surface area (Å²) in [6, 6.07) is 4.05. The van der Waals surface area contributed by atoms with Crippen molar-refractivity contribution < 1.29 is 14.3 Å². The molecule has 19 heavy (non-hydrogen) atoms. The van der Waals surface area contributed by atoms with E-state index in [-0.39, 0.29) is 12.2 Å². The van der Waals surface area contributed by atoms with Crippen LogP contribution in [-0.2, 0) is 0 Å². The summed E-state index contributed by atoms with van der Waals surface area (Å²) >= 11 is 0. The highest BCUT2D eigenvalue weighted by Crippen LogP contribution is 2.14. The van der Waals surface area contributed by atoms with Gasteiger partial charge in [0.05, 0.1) is 11.8 Å². The van der Waals surface area contributed by atoms with Crippen molar-refractivity contribution in [3.05, 3.63) is 29.6 Å². The smallest absolute Gasteiger partial charge is 0.319 e. The molecule has 0 aromatic heterocycles. The molecule has 1 aromatic carbocycles. The molecular formula is C14H21FN2O2. The Morgan fingerprint density at radius 1 is 1.42 bits per heavy atom. The maximum Gasteiger partial charge on any atom is 0.319 e. The molecule has 0 saturated carbocycles. The Morgan fingerprint density at radius 2 is 2.11 bits per heavy atom. The van der Waals surface area contributed by atoms with Gasteiger partial charge in [-0.2, -0.15) is 0 Å². The van der Waals surface area contributed by atoms with Crippen LogP contribution in [0.5, 0.6) is 0 Å². The van der Waals surface area contributed by atoms with Crippen molar-refractivity contribution in [1.82, 2.24) is 5.32 Å². The van der Waals surface area contributed by atoms with E-state index in [1.807, 2.05) is 13.8 Å². The molecule has 0 saturated heterocycles. The maximum absolute atomic E-state index is 13.5. The van der Waals surface area contributed by atoms with E-state index in [4.69, 9.17) is 0 Å². The number of aryl methyl sites for hydroxylation is 1. The van der Waals surface area contributed by atoms with E-state index in [2.05, 4.69) is 10.6 Å². The highest BCUT2D eigenvalue weighted by Gasteiger charge is 2.10. The molecule has 3 N–H and O–H groups in total. The summed E-state index contributed by atoms with van der Waals surface area (Å²) in [6.07, 6.45) is 0.0210.